The average Bonchev–Trinajstić information content (AvgIpc) is 2.86. The van der Waals surface area contributed by atoms with Crippen molar-refractivity contribution in [2.75, 3.05) is 26.4 Å². The maximum absolute atomic E-state index is 11.2. The summed E-state index contributed by atoms with van der Waals surface area (Å²) in [7, 11) is 6.35. The van der Waals surface area contributed by atoms with Crippen molar-refractivity contribution in [2.24, 2.45) is 0 Å². The fraction of sp³-hybridized carbons (Fsp3) is 0.231. The minimum absolute atomic E-state index is 0. The van der Waals surface area contributed by atoms with Gasteiger partial charge in [0.25, 0.3) is 0 Å². The first kappa shape index (κ1) is 28.5. The van der Waals surface area contributed by atoms with Gasteiger partial charge in [-0.1, -0.05) is 0 Å². The summed E-state index contributed by atoms with van der Waals surface area (Å²) < 4.78 is 19.9. The van der Waals surface area contributed by atoms with Gasteiger partial charge in [-0.3, -0.25) is 9.59 Å². The van der Waals surface area contributed by atoms with Crippen LogP contribution in [0.25, 0.3) is 21.8 Å². The van der Waals surface area contributed by atoms with Gasteiger partial charge in [-0.25, -0.2) is 14.2 Å². The van der Waals surface area contributed by atoms with Crippen LogP contribution in [0.1, 0.15) is 0 Å². The number of aliphatic hydroxyl groups excluding tert-OH is 2. The smallest absolute Gasteiger partial charge is 0.248 e. The summed E-state index contributed by atoms with van der Waals surface area (Å²) in [6, 6.07) is 17.1. The second kappa shape index (κ2) is 14.0. The van der Waals surface area contributed by atoms with Gasteiger partial charge in [0, 0.05) is 37.5 Å². The minimum atomic E-state index is -0.729. The molecule has 0 bridgehead atoms. The van der Waals surface area contributed by atoms with Crippen LogP contribution in [-0.4, -0.2) is 58.8 Å². The van der Waals surface area contributed by atoms with Gasteiger partial charge in [-0.15, -0.1) is 0 Å². The summed E-state index contributed by atoms with van der Waals surface area (Å²) in [6.07, 6.45) is -1.46. The van der Waals surface area contributed by atoms with Crippen molar-refractivity contribution < 1.29 is 29.2 Å². The van der Waals surface area contributed by atoms with Crippen molar-refractivity contribution >= 4 is 21.8 Å². The summed E-state index contributed by atoms with van der Waals surface area (Å²) in [5, 5.41) is 20.7. The zero-order chi connectivity index (χ0) is 25.9. The maximum atomic E-state index is 11.2. The van der Waals surface area contributed by atoms with E-state index in [-0.39, 0.29) is 37.5 Å². The van der Waals surface area contributed by atoms with E-state index in [1.54, 1.807) is 36.4 Å². The minimum Gasteiger partial charge on any atom is -0.553 e. The number of fused-ring (bicyclic) bond motifs is 2. The van der Waals surface area contributed by atoms with E-state index in [0.717, 1.165) is 10.8 Å². The Balaban J connectivity index is 0.000000253. The third-order valence-corrected chi connectivity index (χ3v) is 4.90. The standard InChI is InChI=1S/2C13H14NO4.Rf/c2*1-17-7-10(15)8-18-11-4-2-9-3-5-13(16)14-12(9)6-11;/h2*2-6,10,15H,1,7-8H2,(H,14,16);/q2*-1;. The molecule has 0 radical (unpaired) electrons. The number of aromatic nitrogens is 2. The van der Waals surface area contributed by atoms with Crippen LogP contribution in [0, 0.1) is 14.2 Å². The van der Waals surface area contributed by atoms with E-state index in [9.17, 15) is 19.8 Å². The van der Waals surface area contributed by atoms with E-state index in [2.05, 4.69) is 33.7 Å². The molecule has 2 aromatic carbocycles. The molecule has 0 amide bonds. The molecule has 4 aromatic rings. The number of rotatable bonds is 10. The SMILES string of the molecule is [CH2-]OCC(O)COc1ccc2ccc(=O)[nH]c2c1.[CH2-]OCC(O)COc1ccc2ccc(=O)[nH]c2c1.[Rf]. The van der Waals surface area contributed by atoms with E-state index >= 15 is 0 Å². The third-order valence-electron chi connectivity index (χ3n) is 4.90. The number of nitrogens with one attached hydrogen (secondary N) is 2. The molecule has 2 heterocycles. The van der Waals surface area contributed by atoms with E-state index < -0.39 is 12.2 Å². The molecule has 10 nitrogen and oxygen atoms in total. The topological polar surface area (TPSA) is 143 Å². The Morgan fingerprint density at radius 3 is 1.41 bits per heavy atom. The molecule has 0 saturated carbocycles. The van der Waals surface area contributed by atoms with Crippen molar-refractivity contribution in [3.63, 3.8) is 0 Å². The quantitative estimate of drug-likeness (QED) is 0.180. The fourth-order valence-corrected chi connectivity index (χ4v) is 3.19. The van der Waals surface area contributed by atoms with E-state index in [4.69, 9.17) is 9.47 Å². The van der Waals surface area contributed by atoms with E-state index in [1.807, 2.05) is 12.1 Å². The van der Waals surface area contributed by atoms with Gasteiger partial charge < -0.3 is 39.1 Å². The van der Waals surface area contributed by atoms with Gasteiger partial charge in [0.15, 0.2) is 0 Å². The number of ether oxygens (including phenoxy) is 4. The number of H-pyrrole nitrogens is 2. The predicted octanol–water partition coefficient (Wildman–Crippen LogP) is 2.15. The first-order chi connectivity index (χ1) is 17.4. The number of hydrogen-bond donors (Lipinski definition) is 4. The predicted molar refractivity (Wildman–Crippen MR) is 135 cm³/mol. The molecule has 2 unspecified atom stereocenters. The van der Waals surface area contributed by atoms with Crippen molar-refractivity contribution in [1.29, 1.82) is 0 Å². The molecule has 0 saturated heterocycles. The van der Waals surface area contributed by atoms with Crippen molar-refractivity contribution in [2.45, 2.75) is 12.2 Å². The Hall–Kier alpha value is -4.70. The molecule has 194 valence electrons. The number of pyridine rings is 2. The molecule has 2 aromatic heterocycles. The largest absolute Gasteiger partial charge is 0.553 e. The van der Waals surface area contributed by atoms with Gasteiger partial charge in [0.2, 0.25) is 11.1 Å². The maximum Gasteiger partial charge on any atom is 0.248 e. The number of aliphatic hydroxyl groups is 2. The molecule has 4 rings (SSSR count). The zero-order valence-electron chi connectivity index (χ0n) is 20.2. The van der Waals surface area contributed by atoms with Crippen molar-refractivity contribution in [1.82, 2.24) is 9.97 Å². The molecule has 0 aliphatic carbocycles. The van der Waals surface area contributed by atoms with Crippen LogP contribution in [0.3, 0.4) is 0 Å². The monoisotopic (exact) mass is 763 g/mol. The van der Waals surface area contributed by atoms with Crippen molar-refractivity contribution in [3.05, 3.63) is 95.6 Å². The molecular formula is C26H28N2O8Rf-2. The summed E-state index contributed by atoms with van der Waals surface area (Å²) in [5.74, 6) is 1.15. The normalized spacial score (nSPS) is 12.2. The average molecular weight is 764 g/mol. The van der Waals surface area contributed by atoms with Gasteiger partial charge in [0.05, 0.1) is 11.0 Å². The second-order valence-electron chi connectivity index (χ2n) is 7.81. The zero-order valence-corrected chi connectivity index (χ0v) is 26.6. The van der Waals surface area contributed by atoms with Crippen LogP contribution in [0.15, 0.2) is 70.3 Å². The van der Waals surface area contributed by atoms with Crippen LogP contribution in [0.4, 0.5) is 0 Å². The molecule has 0 aliphatic rings. The van der Waals surface area contributed by atoms with Crippen LogP contribution < -0.4 is 20.6 Å². The van der Waals surface area contributed by atoms with Crippen molar-refractivity contribution in [3.8, 4) is 11.5 Å². The Morgan fingerprint density at radius 2 is 1.03 bits per heavy atom. The van der Waals surface area contributed by atoms with E-state index in [1.165, 1.54) is 12.1 Å². The molecular weight excluding hydrogens is 735 g/mol. The molecule has 0 spiro atoms. The molecule has 0 aliphatic heterocycles. The summed E-state index contributed by atoms with van der Waals surface area (Å²) in [6.45, 7) is 0.449. The molecule has 37 heavy (non-hydrogen) atoms. The Kier molecular flexibility index (Phi) is 10.8. The summed E-state index contributed by atoms with van der Waals surface area (Å²) >= 11 is 0. The first-order valence-corrected chi connectivity index (χ1v) is 11.0. The molecule has 11 heteroatoms. The van der Waals surface area contributed by atoms with Gasteiger partial charge in [0.1, 0.15) is 36.9 Å². The summed E-state index contributed by atoms with van der Waals surface area (Å²) in [5.41, 5.74) is 1.07. The van der Waals surface area contributed by atoms with Gasteiger partial charge >= 0.3 is 0 Å². The fourth-order valence-electron chi connectivity index (χ4n) is 3.19. The number of aromatic amines is 2. The van der Waals surface area contributed by atoms with Gasteiger partial charge in [-0.2, -0.15) is 0 Å². The summed E-state index contributed by atoms with van der Waals surface area (Å²) in [4.78, 5) is 27.8. The van der Waals surface area contributed by atoms with Crippen LogP contribution in [0.2, 0.25) is 0 Å². The number of hydrogen-bond acceptors (Lipinski definition) is 8. The van der Waals surface area contributed by atoms with Crippen LogP contribution >= 0.6 is 0 Å². The van der Waals surface area contributed by atoms with E-state index in [0.29, 0.717) is 22.5 Å². The van der Waals surface area contributed by atoms with Crippen LogP contribution in [-0.2, 0) is 9.47 Å². The van der Waals surface area contributed by atoms with Gasteiger partial charge in [-0.05, 0) is 47.2 Å². The Labute approximate surface area is 207 Å². The third kappa shape index (κ3) is 8.79. The molecule has 4 N–H and O–H groups in total. The second-order valence-corrected chi connectivity index (χ2v) is 7.81. The Morgan fingerprint density at radius 1 is 0.649 bits per heavy atom. The Bertz CT molecular complexity index is 1270. The van der Waals surface area contributed by atoms with Crippen LogP contribution in [0.5, 0.6) is 11.5 Å². The molecule has 0 fully saturated rings. The number of benzene rings is 2. The molecule has 2 atom stereocenters. The first-order valence-electron chi connectivity index (χ1n) is 11.0.